The Bertz CT molecular complexity index is 901. The van der Waals surface area contributed by atoms with Crippen LogP contribution in [0.1, 0.15) is 91.9 Å². The van der Waals surface area contributed by atoms with Crippen molar-refractivity contribution in [3.8, 4) is 0 Å². The summed E-state index contributed by atoms with van der Waals surface area (Å²) in [7, 11) is 0. The molecule has 35 heavy (non-hydrogen) atoms. The molecule has 0 aromatic carbocycles. The number of aliphatic carboxylic acids is 1. The average Bonchev–Trinajstić information content (AvgIpc) is 3.23. The number of fused-ring (bicyclic) bond motifs is 7. The third kappa shape index (κ3) is 3.01. The summed E-state index contributed by atoms with van der Waals surface area (Å²) in [6.45, 7) is 13.7. The molecule has 0 bridgehead atoms. The molecule has 0 saturated heterocycles. The van der Waals surface area contributed by atoms with Crippen LogP contribution in [0, 0.1) is 56.7 Å². The third-order valence-electron chi connectivity index (χ3n) is 13.7. The van der Waals surface area contributed by atoms with Crippen LogP contribution in [0.25, 0.3) is 0 Å². The van der Waals surface area contributed by atoms with Crippen LogP contribution in [0.2, 0.25) is 0 Å². The number of rotatable bonds is 4. The molecule has 198 valence electrons. The van der Waals surface area contributed by atoms with Gasteiger partial charge < -0.3 is 20.4 Å². The van der Waals surface area contributed by atoms with Crippen LogP contribution in [0.4, 0.5) is 0 Å². The highest BCUT2D eigenvalue weighted by atomic mass is 16.4. The Hall–Kier alpha value is -0.910. The van der Waals surface area contributed by atoms with Crippen molar-refractivity contribution < 1.29 is 25.2 Å². The fourth-order valence-electron chi connectivity index (χ4n) is 11.6. The number of carboxylic acids is 1. The van der Waals surface area contributed by atoms with Gasteiger partial charge >= 0.3 is 5.97 Å². The summed E-state index contributed by atoms with van der Waals surface area (Å²) < 4.78 is 0. The number of carboxylic acid groups (broad SMARTS) is 1. The van der Waals surface area contributed by atoms with Crippen LogP contribution in [0.15, 0.2) is 12.2 Å². The minimum atomic E-state index is -0.679. The summed E-state index contributed by atoms with van der Waals surface area (Å²) in [5.74, 6) is 0.639. The predicted octanol–water partition coefficient (Wildman–Crippen LogP) is 5.03. The molecular formula is C30H48O5. The smallest absolute Gasteiger partial charge is 0.309 e. The van der Waals surface area contributed by atoms with Gasteiger partial charge in [0, 0.05) is 5.41 Å². The SMILES string of the molecule is C=C(CO)[C@@H]1CC[C@]2(C(=O)O)CC[C@]3(C)[C@H](CC[C@@H]4[C@@]5(C)CC[C@H](O)[C@@](C)(CO)[C@@H]5CC[C@]43C)[C@@H]12. The molecule has 5 aliphatic carbocycles. The van der Waals surface area contributed by atoms with Gasteiger partial charge in [0.05, 0.1) is 24.7 Å². The molecule has 0 amide bonds. The van der Waals surface area contributed by atoms with Gasteiger partial charge in [-0.3, -0.25) is 4.79 Å². The van der Waals surface area contributed by atoms with E-state index in [1.165, 1.54) is 0 Å². The zero-order chi connectivity index (χ0) is 25.6. The molecule has 0 heterocycles. The Morgan fingerprint density at radius 3 is 2.20 bits per heavy atom. The molecule has 0 aromatic heterocycles. The normalized spacial score (nSPS) is 55.3. The highest BCUT2D eigenvalue weighted by molar-refractivity contribution is 5.76. The van der Waals surface area contributed by atoms with Crippen LogP contribution in [0.3, 0.4) is 0 Å². The van der Waals surface area contributed by atoms with Crippen LogP contribution < -0.4 is 0 Å². The molecule has 5 fully saturated rings. The van der Waals surface area contributed by atoms with Gasteiger partial charge in [-0.2, -0.15) is 0 Å². The van der Waals surface area contributed by atoms with Gasteiger partial charge in [0.25, 0.3) is 0 Å². The zero-order valence-corrected chi connectivity index (χ0v) is 22.4. The average molecular weight is 489 g/mol. The lowest BCUT2D eigenvalue weighted by atomic mass is 9.32. The summed E-state index contributed by atoms with van der Waals surface area (Å²) >= 11 is 0. The van der Waals surface area contributed by atoms with E-state index in [0.29, 0.717) is 24.2 Å². The predicted molar refractivity (Wildman–Crippen MR) is 135 cm³/mol. The van der Waals surface area contributed by atoms with Crippen LogP contribution >= 0.6 is 0 Å². The topological polar surface area (TPSA) is 98.0 Å². The quantitative estimate of drug-likeness (QED) is 0.416. The lowest BCUT2D eigenvalue weighted by Crippen LogP contribution is -2.67. The first-order valence-corrected chi connectivity index (χ1v) is 14.2. The van der Waals surface area contributed by atoms with Crippen molar-refractivity contribution in [3.63, 3.8) is 0 Å². The lowest BCUT2D eigenvalue weighted by molar-refractivity contribution is -0.254. The summed E-state index contributed by atoms with van der Waals surface area (Å²) in [6.07, 6.45) is 8.73. The minimum absolute atomic E-state index is 0.0336. The second kappa shape index (κ2) is 8.04. The molecule has 11 atom stereocenters. The van der Waals surface area contributed by atoms with E-state index in [9.17, 15) is 25.2 Å². The number of carbonyl (C=O) groups is 1. The van der Waals surface area contributed by atoms with Gasteiger partial charge in [-0.25, -0.2) is 0 Å². The molecule has 0 radical (unpaired) electrons. The van der Waals surface area contributed by atoms with Crippen LogP contribution in [-0.4, -0.2) is 45.7 Å². The summed E-state index contributed by atoms with van der Waals surface area (Å²) in [5.41, 5.74) is -0.0996. The summed E-state index contributed by atoms with van der Waals surface area (Å²) in [6, 6.07) is 0. The van der Waals surface area contributed by atoms with Crippen LogP contribution in [-0.2, 0) is 4.79 Å². The molecule has 0 spiro atoms. The highest BCUT2D eigenvalue weighted by Crippen LogP contribution is 2.77. The number of aliphatic hydroxyl groups is 3. The molecule has 0 unspecified atom stereocenters. The van der Waals surface area contributed by atoms with E-state index in [1.807, 2.05) is 0 Å². The van der Waals surface area contributed by atoms with Crippen molar-refractivity contribution in [2.75, 3.05) is 13.2 Å². The van der Waals surface area contributed by atoms with Gasteiger partial charge in [0.15, 0.2) is 0 Å². The third-order valence-corrected chi connectivity index (χ3v) is 13.7. The molecule has 0 aromatic rings. The number of hydrogen-bond acceptors (Lipinski definition) is 4. The standard InChI is InChI=1S/C30H48O5/c1-18(16-31)19-8-13-30(25(34)35)15-14-28(4)20(24(19)30)6-7-22-26(2)11-10-23(33)27(3,17-32)21(26)9-12-29(22,28)5/h19-24,31-33H,1,6-17H2,2-5H3,(H,34,35)/t19-,20+,21+,22+,23-,24+,26-,27-,28+,29+,30-/m0/s1. The first-order valence-electron chi connectivity index (χ1n) is 14.2. The molecule has 5 saturated carbocycles. The fourth-order valence-corrected chi connectivity index (χ4v) is 11.6. The first kappa shape index (κ1) is 25.7. The minimum Gasteiger partial charge on any atom is -0.481 e. The van der Waals surface area contributed by atoms with Gasteiger partial charge in [0.1, 0.15) is 0 Å². The zero-order valence-electron chi connectivity index (χ0n) is 22.4. The Balaban J connectivity index is 1.56. The Morgan fingerprint density at radius 2 is 1.57 bits per heavy atom. The molecule has 5 rings (SSSR count). The highest BCUT2D eigenvalue weighted by Gasteiger charge is 2.72. The Kier molecular flexibility index (Phi) is 5.91. The molecule has 0 aliphatic heterocycles. The fraction of sp³-hybridized carbons (Fsp3) is 0.900. The van der Waals surface area contributed by atoms with Gasteiger partial charge in [0.2, 0.25) is 0 Å². The van der Waals surface area contributed by atoms with Gasteiger partial charge in [-0.05, 0) is 116 Å². The molecule has 5 nitrogen and oxygen atoms in total. The van der Waals surface area contributed by atoms with E-state index in [4.69, 9.17) is 0 Å². The van der Waals surface area contributed by atoms with Crippen molar-refractivity contribution in [3.05, 3.63) is 12.2 Å². The van der Waals surface area contributed by atoms with Crippen molar-refractivity contribution in [2.24, 2.45) is 56.7 Å². The van der Waals surface area contributed by atoms with E-state index < -0.39 is 22.9 Å². The van der Waals surface area contributed by atoms with Crippen molar-refractivity contribution in [1.29, 1.82) is 0 Å². The van der Waals surface area contributed by atoms with Gasteiger partial charge in [-0.1, -0.05) is 34.3 Å². The first-order chi connectivity index (χ1) is 16.4. The summed E-state index contributed by atoms with van der Waals surface area (Å²) in [5, 5.41) is 41.8. The van der Waals surface area contributed by atoms with Crippen molar-refractivity contribution in [2.45, 2.75) is 98.0 Å². The van der Waals surface area contributed by atoms with E-state index in [-0.39, 0.29) is 41.3 Å². The van der Waals surface area contributed by atoms with E-state index in [2.05, 4.69) is 34.3 Å². The number of hydrogen-bond donors (Lipinski definition) is 4. The molecule has 5 aliphatic rings. The Labute approximate surface area is 211 Å². The maximum atomic E-state index is 12.8. The Morgan fingerprint density at radius 1 is 0.857 bits per heavy atom. The van der Waals surface area contributed by atoms with E-state index in [0.717, 1.165) is 63.4 Å². The van der Waals surface area contributed by atoms with Crippen molar-refractivity contribution >= 4 is 5.97 Å². The second-order valence-corrected chi connectivity index (χ2v) is 14.3. The maximum absolute atomic E-state index is 12.8. The largest absolute Gasteiger partial charge is 0.481 e. The summed E-state index contributed by atoms with van der Waals surface area (Å²) in [4.78, 5) is 12.8. The molecular weight excluding hydrogens is 440 g/mol. The molecule has 5 heteroatoms. The van der Waals surface area contributed by atoms with Gasteiger partial charge in [-0.15, -0.1) is 0 Å². The second-order valence-electron chi connectivity index (χ2n) is 14.3. The number of aliphatic hydroxyl groups excluding tert-OH is 3. The van der Waals surface area contributed by atoms with E-state index in [1.54, 1.807) is 0 Å². The lowest BCUT2D eigenvalue weighted by Gasteiger charge is -2.72. The van der Waals surface area contributed by atoms with E-state index >= 15 is 0 Å². The van der Waals surface area contributed by atoms with Crippen molar-refractivity contribution in [1.82, 2.24) is 0 Å². The molecule has 4 N–H and O–H groups in total. The monoisotopic (exact) mass is 488 g/mol. The maximum Gasteiger partial charge on any atom is 0.309 e. The van der Waals surface area contributed by atoms with Crippen LogP contribution in [0.5, 0.6) is 0 Å².